The van der Waals surface area contributed by atoms with Crippen molar-refractivity contribution in [1.29, 1.82) is 0 Å². The van der Waals surface area contributed by atoms with Crippen molar-refractivity contribution in [3.63, 3.8) is 0 Å². The van der Waals surface area contributed by atoms with Gasteiger partial charge in [0.25, 0.3) is 0 Å². The van der Waals surface area contributed by atoms with E-state index >= 15 is 0 Å². The molecule has 22 heavy (non-hydrogen) atoms. The fraction of sp³-hybridized carbons (Fsp3) is 0.625. The molecule has 0 aliphatic heterocycles. The molecule has 0 bridgehead atoms. The maximum atomic E-state index is 12.0. The van der Waals surface area contributed by atoms with E-state index in [2.05, 4.69) is 5.32 Å². The highest BCUT2D eigenvalue weighted by atomic mass is 35.5. The minimum Gasteiger partial charge on any atom is -0.377 e. The number of methoxy groups -OCH3 is 1. The van der Waals surface area contributed by atoms with Crippen LogP contribution in [0.5, 0.6) is 0 Å². The minimum absolute atomic E-state index is 0.0725. The molecule has 1 N–H and O–H groups in total. The second-order valence-corrected chi connectivity index (χ2v) is 8.61. The molecule has 6 heteroatoms. The first-order chi connectivity index (χ1) is 10.4. The zero-order valence-corrected chi connectivity index (χ0v) is 14.8. The van der Waals surface area contributed by atoms with Gasteiger partial charge in [-0.2, -0.15) is 0 Å². The van der Waals surface area contributed by atoms with Crippen molar-refractivity contribution in [3.05, 3.63) is 28.8 Å². The van der Waals surface area contributed by atoms with Crippen LogP contribution in [0.1, 0.15) is 38.2 Å². The molecule has 1 aliphatic rings. The van der Waals surface area contributed by atoms with E-state index < -0.39 is 9.84 Å². The molecule has 124 valence electrons. The Kier molecular flexibility index (Phi) is 5.88. The Morgan fingerprint density at radius 3 is 2.55 bits per heavy atom. The average Bonchev–Trinajstić information content (AvgIpc) is 2.96. The Labute approximate surface area is 138 Å². The molecule has 4 nitrogen and oxygen atoms in total. The first-order valence-electron chi connectivity index (χ1n) is 7.69. The fourth-order valence-corrected chi connectivity index (χ4v) is 4.27. The summed E-state index contributed by atoms with van der Waals surface area (Å²) in [5.41, 5.74) is 0.806. The number of halogens is 1. The summed E-state index contributed by atoms with van der Waals surface area (Å²) in [4.78, 5) is 0.293. The van der Waals surface area contributed by atoms with Crippen molar-refractivity contribution < 1.29 is 13.2 Å². The zero-order valence-electron chi connectivity index (χ0n) is 13.2. The van der Waals surface area contributed by atoms with Gasteiger partial charge in [-0.3, -0.25) is 0 Å². The van der Waals surface area contributed by atoms with Crippen LogP contribution in [0.4, 0.5) is 0 Å². The summed E-state index contributed by atoms with van der Waals surface area (Å²) in [5.74, 6) is 0.0764. The third-order valence-electron chi connectivity index (χ3n) is 4.39. The maximum Gasteiger partial charge on any atom is 0.178 e. The molecule has 1 saturated carbocycles. The standard InChI is InChI=1S/C16H24ClNO3S/c1-3-22(19,20)15-9-13(8-14(17)10-15)11-18-12-16(21-2)6-4-5-7-16/h8-10,18H,3-7,11-12H2,1-2H3. The van der Waals surface area contributed by atoms with Gasteiger partial charge in [-0.15, -0.1) is 0 Å². The van der Waals surface area contributed by atoms with E-state index in [0.717, 1.165) is 24.9 Å². The molecule has 0 heterocycles. The first kappa shape index (κ1) is 17.7. The number of hydrogen-bond donors (Lipinski definition) is 1. The van der Waals surface area contributed by atoms with Crippen LogP contribution in [0, 0.1) is 0 Å². The summed E-state index contributed by atoms with van der Waals surface area (Å²) < 4.78 is 29.6. The van der Waals surface area contributed by atoms with Crippen molar-refractivity contribution in [2.24, 2.45) is 0 Å². The number of rotatable bonds is 7. The molecule has 0 saturated heterocycles. The monoisotopic (exact) mass is 345 g/mol. The summed E-state index contributed by atoms with van der Waals surface area (Å²) in [6, 6.07) is 5.01. The normalized spacial score (nSPS) is 17.8. The minimum atomic E-state index is -3.24. The summed E-state index contributed by atoms with van der Waals surface area (Å²) in [6.07, 6.45) is 4.54. The third kappa shape index (κ3) is 4.22. The van der Waals surface area contributed by atoms with E-state index in [-0.39, 0.29) is 11.4 Å². The van der Waals surface area contributed by atoms with Crippen LogP contribution in [0.15, 0.2) is 23.1 Å². The molecule has 1 aromatic carbocycles. The number of benzene rings is 1. The van der Waals surface area contributed by atoms with Crippen LogP contribution in [-0.2, 0) is 21.1 Å². The van der Waals surface area contributed by atoms with Crippen LogP contribution in [0.25, 0.3) is 0 Å². The SMILES string of the molecule is CCS(=O)(=O)c1cc(Cl)cc(CNCC2(OC)CCCC2)c1. The van der Waals surface area contributed by atoms with Gasteiger partial charge in [0.15, 0.2) is 9.84 Å². The molecule has 1 fully saturated rings. The van der Waals surface area contributed by atoms with Crippen molar-refractivity contribution >= 4 is 21.4 Å². The van der Waals surface area contributed by atoms with Crippen LogP contribution in [-0.4, -0.2) is 33.4 Å². The van der Waals surface area contributed by atoms with E-state index in [4.69, 9.17) is 16.3 Å². The average molecular weight is 346 g/mol. The van der Waals surface area contributed by atoms with Gasteiger partial charge in [0.1, 0.15) is 0 Å². The van der Waals surface area contributed by atoms with Crippen LogP contribution < -0.4 is 5.32 Å². The molecular weight excluding hydrogens is 322 g/mol. The predicted octanol–water partition coefficient (Wildman–Crippen LogP) is 3.18. The van der Waals surface area contributed by atoms with E-state index in [1.165, 1.54) is 18.9 Å². The quantitative estimate of drug-likeness (QED) is 0.824. The van der Waals surface area contributed by atoms with E-state index in [0.29, 0.717) is 16.5 Å². The Bertz CT molecular complexity index is 610. The largest absolute Gasteiger partial charge is 0.377 e. The third-order valence-corrected chi connectivity index (χ3v) is 6.33. The number of hydrogen-bond acceptors (Lipinski definition) is 4. The summed E-state index contributed by atoms with van der Waals surface area (Å²) in [5, 5.41) is 3.83. The van der Waals surface area contributed by atoms with Gasteiger partial charge in [-0.25, -0.2) is 8.42 Å². The Hall–Kier alpha value is -0.620. The van der Waals surface area contributed by atoms with E-state index in [1.54, 1.807) is 26.2 Å². The van der Waals surface area contributed by atoms with Crippen molar-refractivity contribution in [2.45, 2.75) is 49.6 Å². The molecule has 1 aromatic rings. The van der Waals surface area contributed by atoms with E-state index in [9.17, 15) is 8.42 Å². The van der Waals surface area contributed by atoms with Crippen molar-refractivity contribution in [1.82, 2.24) is 5.32 Å². The molecule has 0 radical (unpaired) electrons. The molecule has 0 aromatic heterocycles. The van der Waals surface area contributed by atoms with Gasteiger partial charge in [0.2, 0.25) is 0 Å². The molecule has 0 atom stereocenters. The number of nitrogens with one attached hydrogen (secondary N) is 1. The molecular formula is C16H24ClNO3S. The number of ether oxygens (including phenoxy) is 1. The second kappa shape index (κ2) is 7.30. The fourth-order valence-electron chi connectivity index (χ4n) is 2.98. The van der Waals surface area contributed by atoms with Crippen LogP contribution >= 0.6 is 11.6 Å². The molecule has 1 aliphatic carbocycles. The van der Waals surface area contributed by atoms with E-state index in [1.807, 2.05) is 0 Å². The van der Waals surface area contributed by atoms with Crippen LogP contribution in [0.2, 0.25) is 5.02 Å². The number of sulfone groups is 1. The maximum absolute atomic E-state index is 12.0. The second-order valence-electron chi connectivity index (χ2n) is 5.90. The predicted molar refractivity (Wildman–Crippen MR) is 89.1 cm³/mol. The molecule has 0 amide bonds. The molecule has 0 unspecified atom stereocenters. The lowest BCUT2D eigenvalue weighted by atomic mass is 10.0. The summed E-state index contributed by atoms with van der Waals surface area (Å²) >= 11 is 6.06. The highest BCUT2D eigenvalue weighted by Crippen LogP contribution is 2.32. The smallest absolute Gasteiger partial charge is 0.178 e. The Balaban J connectivity index is 2.04. The topological polar surface area (TPSA) is 55.4 Å². The first-order valence-corrected chi connectivity index (χ1v) is 9.72. The van der Waals surface area contributed by atoms with Crippen molar-refractivity contribution in [3.8, 4) is 0 Å². The lowest BCUT2D eigenvalue weighted by Gasteiger charge is -2.27. The summed E-state index contributed by atoms with van der Waals surface area (Å²) in [7, 11) is -1.48. The van der Waals surface area contributed by atoms with Crippen molar-refractivity contribution in [2.75, 3.05) is 19.4 Å². The van der Waals surface area contributed by atoms with Gasteiger partial charge in [-0.1, -0.05) is 31.4 Å². The lowest BCUT2D eigenvalue weighted by molar-refractivity contribution is -0.00344. The van der Waals surface area contributed by atoms with Gasteiger partial charge in [0.05, 0.1) is 16.2 Å². The van der Waals surface area contributed by atoms with Gasteiger partial charge in [-0.05, 0) is 36.6 Å². The summed E-state index contributed by atoms with van der Waals surface area (Å²) in [6.45, 7) is 2.99. The highest BCUT2D eigenvalue weighted by Gasteiger charge is 2.33. The van der Waals surface area contributed by atoms with Gasteiger partial charge >= 0.3 is 0 Å². The zero-order chi connectivity index (χ0) is 16.2. The lowest BCUT2D eigenvalue weighted by Crippen LogP contribution is -2.39. The Morgan fingerprint density at radius 1 is 1.27 bits per heavy atom. The van der Waals surface area contributed by atoms with Gasteiger partial charge in [0, 0.05) is 25.2 Å². The molecule has 0 spiro atoms. The Morgan fingerprint density at radius 2 is 1.95 bits per heavy atom. The highest BCUT2D eigenvalue weighted by molar-refractivity contribution is 7.91. The molecule has 2 rings (SSSR count). The van der Waals surface area contributed by atoms with Gasteiger partial charge < -0.3 is 10.1 Å². The van der Waals surface area contributed by atoms with Crippen LogP contribution in [0.3, 0.4) is 0 Å².